The highest BCUT2D eigenvalue weighted by Crippen LogP contribution is 2.18. The second kappa shape index (κ2) is 8.57. The molecule has 0 aliphatic carbocycles. The monoisotopic (exact) mass is 399 g/mol. The molecule has 2 amide bonds. The van der Waals surface area contributed by atoms with Gasteiger partial charge in [-0.1, -0.05) is 6.07 Å². The Balaban J connectivity index is 1.29. The molecule has 152 valence electrons. The van der Waals surface area contributed by atoms with E-state index in [4.69, 9.17) is 0 Å². The Kier molecular flexibility index (Phi) is 5.71. The van der Waals surface area contributed by atoms with Crippen LogP contribution in [0.15, 0.2) is 48.9 Å². The van der Waals surface area contributed by atoms with Crippen LogP contribution in [0.25, 0.3) is 5.65 Å². The molecule has 1 aliphatic rings. The molecular weight excluding hydrogens is 376 g/mol. The number of pyridine rings is 1. The summed E-state index contributed by atoms with van der Waals surface area (Å²) in [6.07, 6.45) is 7.18. The molecule has 0 spiro atoms. The van der Waals surface area contributed by atoms with Gasteiger partial charge in [0.15, 0.2) is 0 Å². The molecule has 1 fully saturated rings. The molecule has 8 heteroatoms. The summed E-state index contributed by atoms with van der Waals surface area (Å²) in [5, 5.41) is 5.83. The Morgan fingerprint density at radius 1 is 1.21 bits per heavy atom. The number of nitrogens with one attached hydrogen (secondary N) is 2. The van der Waals surface area contributed by atoms with Crippen LogP contribution in [0.5, 0.6) is 0 Å². The Bertz CT molecular complexity index is 985. The van der Waals surface area contributed by atoms with Crippen LogP contribution in [0.3, 0.4) is 0 Å². The predicted octanol–water partition coefficient (Wildman–Crippen LogP) is 3.08. The molecule has 29 heavy (non-hydrogen) atoms. The first kappa shape index (κ1) is 19.3. The smallest absolute Gasteiger partial charge is 0.315 e. The number of carbonyl (C=O) groups excluding carboxylic acids is 1. The molecule has 3 heterocycles. The number of benzene rings is 1. The Morgan fingerprint density at radius 2 is 2.03 bits per heavy atom. The first-order valence-corrected chi connectivity index (χ1v) is 9.70. The molecule has 0 bridgehead atoms. The highest BCUT2D eigenvalue weighted by molar-refractivity contribution is 5.74. The number of piperidine rings is 1. The lowest BCUT2D eigenvalue weighted by atomic mass is 10.0. The van der Waals surface area contributed by atoms with E-state index >= 15 is 0 Å². The van der Waals surface area contributed by atoms with Crippen LogP contribution < -0.4 is 10.6 Å². The third-order valence-corrected chi connectivity index (χ3v) is 5.20. The zero-order chi connectivity index (χ0) is 20.2. The van der Waals surface area contributed by atoms with Crippen molar-refractivity contribution in [3.05, 3.63) is 71.7 Å². The zero-order valence-corrected chi connectivity index (χ0v) is 15.9. The Hall–Kier alpha value is -3.00. The number of halogens is 2. The predicted molar refractivity (Wildman–Crippen MR) is 105 cm³/mol. The number of fused-ring (bicyclic) bond motifs is 1. The molecule has 2 N–H and O–H groups in total. The van der Waals surface area contributed by atoms with E-state index in [1.165, 1.54) is 18.2 Å². The molecule has 6 nitrogen and oxygen atoms in total. The van der Waals surface area contributed by atoms with Gasteiger partial charge in [-0.05, 0) is 49.2 Å². The van der Waals surface area contributed by atoms with Crippen LogP contribution in [0.4, 0.5) is 13.6 Å². The van der Waals surface area contributed by atoms with Gasteiger partial charge in [0.2, 0.25) is 0 Å². The second-order valence-electron chi connectivity index (χ2n) is 7.33. The molecule has 1 atom stereocenters. The number of likely N-dealkylation sites (tertiary alicyclic amines) is 1. The summed E-state index contributed by atoms with van der Waals surface area (Å²) in [6, 6.07) is 7.44. The van der Waals surface area contributed by atoms with Crippen molar-refractivity contribution >= 4 is 11.7 Å². The van der Waals surface area contributed by atoms with Gasteiger partial charge in [0.25, 0.3) is 0 Å². The number of carbonyl (C=O) groups is 1. The van der Waals surface area contributed by atoms with E-state index in [-0.39, 0.29) is 24.2 Å². The number of imidazole rings is 1. The van der Waals surface area contributed by atoms with Crippen molar-refractivity contribution in [1.29, 1.82) is 0 Å². The Labute approximate surface area is 167 Å². The minimum atomic E-state index is -0.535. The van der Waals surface area contributed by atoms with E-state index in [2.05, 4.69) is 15.6 Å². The van der Waals surface area contributed by atoms with Crippen molar-refractivity contribution in [3.63, 3.8) is 0 Å². The van der Waals surface area contributed by atoms with Crippen molar-refractivity contribution in [2.75, 3.05) is 13.1 Å². The fourth-order valence-electron chi connectivity index (χ4n) is 3.71. The van der Waals surface area contributed by atoms with Gasteiger partial charge < -0.3 is 15.0 Å². The lowest BCUT2D eigenvalue weighted by Crippen LogP contribution is -2.50. The average molecular weight is 399 g/mol. The van der Waals surface area contributed by atoms with E-state index in [1.807, 2.05) is 33.8 Å². The third kappa shape index (κ3) is 4.71. The second-order valence-corrected chi connectivity index (χ2v) is 7.33. The minimum absolute atomic E-state index is 0.0617. The van der Waals surface area contributed by atoms with Gasteiger partial charge in [-0.3, -0.25) is 4.90 Å². The number of nitrogens with zero attached hydrogens (tertiary/aromatic N) is 3. The van der Waals surface area contributed by atoms with Crippen LogP contribution in [-0.4, -0.2) is 39.4 Å². The average Bonchev–Trinajstić information content (AvgIpc) is 3.17. The number of hydrogen-bond acceptors (Lipinski definition) is 3. The van der Waals surface area contributed by atoms with E-state index in [0.29, 0.717) is 13.1 Å². The molecule has 1 aliphatic heterocycles. The topological polar surface area (TPSA) is 61.7 Å². The van der Waals surface area contributed by atoms with Gasteiger partial charge in [-0.15, -0.1) is 0 Å². The maximum absolute atomic E-state index is 13.9. The first-order chi connectivity index (χ1) is 14.1. The number of amides is 2. The zero-order valence-electron chi connectivity index (χ0n) is 15.9. The molecule has 0 radical (unpaired) electrons. The quantitative estimate of drug-likeness (QED) is 0.693. The summed E-state index contributed by atoms with van der Waals surface area (Å²) in [6.45, 7) is 1.90. The molecule has 1 aromatic carbocycles. The van der Waals surface area contributed by atoms with E-state index in [1.54, 1.807) is 6.20 Å². The standard InChI is InChI=1S/C21H23F2N5O/c22-18-4-1-5-19(23)17(18)14-27-8-2-3-16(13-27)26-21(29)25-12-15-6-9-28-10-7-24-20(28)11-15/h1,4-7,9-11,16H,2-3,8,12-14H2,(H2,25,26,29). The normalized spacial score (nSPS) is 17.4. The lowest BCUT2D eigenvalue weighted by Gasteiger charge is -2.33. The number of urea groups is 1. The summed E-state index contributed by atoms with van der Waals surface area (Å²) in [5.74, 6) is -1.07. The van der Waals surface area contributed by atoms with Gasteiger partial charge in [-0.25, -0.2) is 18.6 Å². The van der Waals surface area contributed by atoms with E-state index in [0.717, 1.165) is 30.6 Å². The number of aromatic nitrogens is 2. The summed E-state index contributed by atoms with van der Waals surface area (Å²) in [4.78, 5) is 18.5. The Morgan fingerprint density at radius 3 is 2.86 bits per heavy atom. The highest BCUT2D eigenvalue weighted by Gasteiger charge is 2.23. The number of rotatable bonds is 5. The minimum Gasteiger partial charge on any atom is -0.334 e. The summed E-state index contributed by atoms with van der Waals surface area (Å²) >= 11 is 0. The van der Waals surface area contributed by atoms with Crippen molar-refractivity contribution in [2.24, 2.45) is 0 Å². The highest BCUT2D eigenvalue weighted by atomic mass is 19.1. The maximum Gasteiger partial charge on any atom is 0.315 e. The first-order valence-electron chi connectivity index (χ1n) is 9.70. The van der Waals surface area contributed by atoms with Crippen molar-refractivity contribution in [1.82, 2.24) is 24.9 Å². The molecule has 1 unspecified atom stereocenters. The van der Waals surface area contributed by atoms with Crippen LogP contribution in [0.1, 0.15) is 24.0 Å². The van der Waals surface area contributed by atoms with Crippen molar-refractivity contribution in [3.8, 4) is 0 Å². The fraction of sp³-hybridized carbons (Fsp3) is 0.333. The molecular formula is C21H23F2N5O. The van der Waals surface area contributed by atoms with Crippen LogP contribution in [0.2, 0.25) is 0 Å². The van der Waals surface area contributed by atoms with Crippen LogP contribution >= 0.6 is 0 Å². The van der Waals surface area contributed by atoms with Gasteiger partial charge in [0.1, 0.15) is 17.3 Å². The maximum atomic E-state index is 13.9. The fourth-order valence-corrected chi connectivity index (χ4v) is 3.71. The van der Waals surface area contributed by atoms with Crippen molar-refractivity contribution in [2.45, 2.75) is 32.0 Å². The largest absolute Gasteiger partial charge is 0.334 e. The number of hydrogen-bond donors (Lipinski definition) is 2. The molecule has 0 saturated carbocycles. The molecule has 1 saturated heterocycles. The summed E-state index contributed by atoms with van der Waals surface area (Å²) < 4.78 is 29.7. The van der Waals surface area contributed by atoms with Crippen LogP contribution in [-0.2, 0) is 13.1 Å². The molecule has 2 aromatic heterocycles. The third-order valence-electron chi connectivity index (χ3n) is 5.20. The SMILES string of the molecule is O=C(NCc1ccn2ccnc2c1)NC1CCCN(Cc2c(F)cccc2F)C1. The van der Waals surface area contributed by atoms with E-state index in [9.17, 15) is 13.6 Å². The van der Waals surface area contributed by atoms with Crippen molar-refractivity contribution < 1.29 is 13.6 Å². The summed E-state index contributed by atoms with van der Waals surface area (Å²) in [7, 11) is 0. The van der Waals surface area contributed by atoms with E-state index < -0.39 is 11.6 Å². The molecule has 4 rings (SSSR count). The summed E-state index contributed by atoms with van der Waals surface area (Å²) in [5.41, 5.74) is 1.86. The van der Waals surface area contributed by atoms with Crippen LogP contribution in [0, 0.1) is 11.6 Å². The van der Waals surface area contributed by atoms with Gasteiger partial charge >= 0.3 is 6.03 Å². The van der Waals surface area contributed by atoms with Gasteiger partial charge in [0, 0.05) is 49.8 Å². The lowest BCUT2D eigenvalue weighted by molar-refractivity contribution is 0.177. The molecule has 3 aromatic rings. The van der Waals surface area contributed by atoms with Gasteiger partial charge in [-0.2, -0.15) is 0 Å². The van der Waals surface area contributed by atoms with Gasteiger partial charge in [0.05, 0.1) is 0 Å².